The van der Waals surface area contributed by atoms with Gasteiger partial charge in [0, 0.05) is 18.7 Å². The van der Waals surface area contributed by atoms with Crippen LogP contribution in [0.25, 0.3) is 5.76 Å². The Hall–Kier alpha value is -4.10. The highest BCUT2D eigenvalue weighted by molar-refractivity contribution is 6.46. The lowest BCUT2D eigenvalue weighted by molar-refractivity contribution is -0.140. The molecule has 0 aromatic heterocycles. The van der Waals surface area contributed by atoms with Crippen LogP contribution in [-0.4, -0.2) is 67.0 Å². The average molecular weight is 515 g/mol. The number of likely N-dealkylation sites (N-methyl/N-ethyl adjacent to an activating group) is 1. The largest absolute Gasteiger partial charge is 0.507 e. The third kappa shape index (κ3) is 6.06. The third-order valence-corrected chi connectivity index (χ3v) is 6.55. The number of ether oxygens (including phenoxy) is 2. The SMILES string of the molecule is Cc1ccc(/C(O)=C2\C(=O)C(=O)N(CCN(C)C)C2c2ccc(OCCOc3ccccc3C)cc2)cc1. The number of hydrogen-bond acceptors (Lipinski definition) is 6. The smallest absolute Gasteiger partial charge is 0.295 e. The zero-order valence-corrected chi connectivity index (χ0v) is 22.3. The Kier molecular flexibility index (Phi) is 8.48. The molecule has 0 aliphatic carbocycles. The molecule has 3 aromatic rings. The van der Waals surface area contributed by atoms with E-state index in [2.05, 4.69) is 0 Å². The lowest BCUT2D eigenvalue weighted by atomic mass is 9.95. The minimum absolute atomic E-state index is 0.0953. The van der Waals surface area contributed by atoms with Crippen LogP contribution in [0.15, 0.2) is 78.4 Å². The molecule has 1 fully saturated rings. The molecule has 0 radical (unpaired) electrons. The summed E-state index contributed by atoms with van der Waals surface area (Å²) in [6.45, 7) is 5.63. The minimum atomic E-state index is -0.699. The quantitative estimate of drug-likeness (QED) is 0.182. The Bertz CT molecular complexity index is 1310. The normalized spacial score (nSPS) is 16.8. The first-order chi connectivity index (χ1) is 18.3. The molecule has 3 aromatic carbocycles. The second-order valence-corrected chi connectivity index (χ2v) is 9.69. The number of likely N-dealkylation sites (tertiary alicyclic amines) is 1. The molecule has 0 saturated carbocycles. The van der Waals surface area contributed by atoms with Crippen molar-refractivity contribution in [1.29, 1.82) is 0 Å². The molecule has 7 heteroatoms. The number of nitrogens with zero attached hydrogens (tertiary/aromatic N) is 2. The molecule has 4 rings (SSSR count). The van der Waals surface area contributed by atoms with Crippen LogP contribution >= 0.6 is 0 Å². The predicted molar refractivity (Wildman–Crippen MR) is 147 cm³/mol. The molecule has 1 unspecified atom stereocenters. The van der Waals surface area contributed by atoms with E-state index < -0.39 is 17.7 Å². The predicted octanol–water partition coefficient (Wildman–Crippen LogP) is 4.74. The van der Waals surface area contributed by atoms with Gasteiger partial charge in [0.2, 0.25) is 0 Å². The fraction of sp³-hybridized carbons (Fsp3) is 0.290. The van der Waals surface area contributed by atoms with Gasteiger partial charge < -0.3 is 24.4 Å². The van der Waals surface area contributed by atoms with Crippen molar-refractivity contribution < 1.29 is 24.2 Å². The molecule has 1 atom stereocenters. The van der Waals surface area contributed by atoms with Crippen LogP contribution in [0, 0.1) is 13.8 Å². The molecule has 0 bridgehead atoms. The lowest BCUT2D eigenvalue weighted by Gasteiger charge is -2.26. The van der Waals surface area contributed by atoms with Crippen molar-refractivity contribution in [3.05, 3.63) is 101 Å². The molecule has 1 saturated heterocycles. The first kappa shape index (κ1) is 26.9. The van der Waals surface area contributed by atoms with E-state index in [9.17, 15) is 14.7 Å². The van der Waals surface area contributed by atoms with Crippen LogP contribution < -0.4 is 9.47 Å². The summed E-state index contributed by atoms with van der Waals surface area (Å²) in [4.78, 5) is 29.7. The number of para-hydroxylation sites is 1. The van der Waals surface area contributed by atoms with Crippen LogP contribution in [-0.2, 0) is 9.59 Å². The van der Waals surface area contributed by atoms with E-state index in [1.54, 1.807) is 24.3 Å². The van der Waals surface area contributed by atoms with Crippen molar-refractivity contribution in [2.24, 2.45) is 0 Å². The number of hydrogen-bond donors (Lipinski definition) is 1. The number of carbonyl (C=O) groups is 2. The molecule has 198 valence electrons. The summed E-state index contributed by atoms with van der Waals surface area (Å²) >= 11 is 0. The van der Waals surface area contributed by atoms with Crippen molar-refractivity contribution >= 4 is 17.4 Å². The monoisotopic (exact) mass is 514 g/mol. The summed E-state index contributed by atoms with van der Waals surface area (Å²) in [6, 6.07) is 21.6. The molecule has 1 aliphatic rings. The second-order valence-electron chi connectivity index (χ2n) is 9.69. The number of carbonyl (C=O) groups excluding carboxylic acids is 2. The first-order valence-corrected chi connectivity index (χ1v) is 12.7. The Labute approximate surface area is 223 Å². The van der Waals surface area contributed by atoms with Gasteiger partial charge in [-0.1, -0.05) is 60.2 Å². The summed E-state index contributed by atoms with van der Waals surface area (Å²) in [5, 5.41) is 11.2. The highest BCUT2D eigenvalue weighted by Gasteiger charge is 2.45. The van der Waals surface area contributed by atoms with Crippen LogP contribution in [0.2, 0.25) is 0 Å². The van der Waals surface area contributed by atoms with Gasteiger partial charge >= 0.3 is 0 Å². The standard InChI is InChI=1S/C31H34N2O5/c1-21-9-11-24(12-10-21)29(34)27-28(33(18-17-32(3)4)31(36)30(27)35)23-13-15-25(16-14-23)37-19-20-38-26-8-6-5-7-22(26)2/h5-16,28,34H,17-20H2,1-4H3/b29-27+. The molecule has 1 N–H and O–H groups in total. The van der Waals surface area contributed by atoms with Crippen LogP contribution in [0.1, 0.15) is 28.3 Å². The summed E-state index contributed by atoms with van der Waals surface area (Å²) in [7, 11) is 3.82. The van der Waals surface area contributed by atoms with E-state index in [1.807, 2.05) is 81.4 Å². The maximum Gasteiger partial charge on any atom is 0.295 e. The van der Waals surface area contributed by atoms with Gasteiger partial charge in [0.05, 0.1) is 11.6 Å². The average Bonchev–Trinajstić information content (AvgIpc) is 3.16. The van der Waals surface area contributed by atoms with Gasteiger partial charge in [-0.2, -0.15) is 0 Å². The Morgan fingerprint density at radius 1 is 0.895 bits per heavy atom. The van der Waals surface area contributed by atoms with Gasteiger partial charge in [-0.3, -0.25) is 9.59 Å². The van der Waals surface area contributed by atoms with Gasteiger partial charge in [0.1, 0.15) is 30.5 Å². The van der Waals surface area contributed by atoms with E-state index in [1.165, 1.54) is 4.90 Å². The summed E-state index contributed by atoms with van der Waals surface area (Å²) in [5.41, 5.74) is 3.41. The molecular weight excluding hydrogens is 480 g/mol. The molecular formula is C31H34N2O5. The zero-order chi connectivity index (χ0) is 27.2. The molecule has 1 heterocycles. The lowest BCUT2D eigenvalue weighted by Crippen LogP contribution is -2.35. The van der Waals surface area contributed by atoms with Crippen molar-refractivity contribution in [2.45, 2.75) is 19.9 Å². The zero-order valence-electron chi connectivity index (χ0n) is 22.3. The Morgan fingerprint density at radius 3 is 2.21 bits per heavy atom. The van der Waals surface area contributed by atoms with E-state index in [0.29, 0.717) is 37.6 Å². The van der Waals surface area contributed by atoms with Gasteiger partial charge in [-0.15, -0.1) is 0 Å². The van der Waals surface area contributed by atoms with Gasteiger partial charge in [-0.05, 0) is 57.3 Å². The summed E-state index contributed by atoms with van der Waals surface area (Å²) in [6.07, 6.45) is 0. The highest BCUT2D eigenvalue weighted by Crippen LogP contribution is 2.39. The summed E-state index contributed by atoms with van der Waals surface area (Å²) in [5.74, 6) is 0.00697. The number of aliphatic hydroxyl groups is 1. The molecule has 1 amide bonds. The maximum atomic E-state index is 13.1. The van der Waals surface area contributed by atoms with Gasteiger partial charge in [-0.25, -0.2) is 0 Å². The second kappa shape index (κ2) is 12.0. The number of aryl methyl sites for hydroxylation is 2. The van der Waals surface area contributed by atoms with Crippen LogP contribution in [0.3, 0.4) is 0 Å². The van der Waals surface area contributed by atoms with Crippen molar-refractivity contribution in [2.75, 3.05) is 40.4 Å². The van der Waals surface area contributed by atoms with E-state index in [-0.39, 0.29) is 11.3 Å². The minimum Gasteiger partial charge on any atom is -0.507 e. The fourth-order valence-corrected chi connectivity index (χ4v) is 4.41. The molecule has 38 heavy (non-hydrogen) atoms. The van der Waals surface area contributed by atoms with E-state index in [0.717, 1.165) is 22.4 Å². The number of amides is 1. The van der Waals surface area contributed by atoms with Crippen LogP contribution in [0.5, 0.6) is 11.5 Å². The highest BCUT2D eigenvalue weighted by atomic mass is 16.5. The van der Waals surface area contributed by atoms with Crippen molar-refractivity contribution in [3.8, 4) is 11.5 Å². The molecule has 0 spiro atoms. The number of aliphatic hydroxyl groups excluding tert-OH is 1. The van der Waals surface area contributed by atoms with E-state index in [4.69, 9.17) is 9.47 Å². The van der Waals surface area contributed by atoms with Crippen LogP contribution in [0.4, 0.5) is 0 Å². The third-order valence-electron chi connectivity index (χ3n) is 6.55. The Balaban J connectivity index is 1.55. The van der Waals surface area contributed by atoms with Crippen molar-refractivity contribution in [1.82, 2.24) is 9.80 Å². The number of ketones is 1. The number of rotatable bonds is 10. The Morgan fingerprint density at radius 2 is 1.55 bits per heavy atom. The van der Waals surface area contributed by atoms with Crippen molar-refractivity contribution in [3.63, 3.8) is 0 Å². The number of benzene rings is 3. The molecule has 1 aliphatic heterocycles. The maximum absolute atomic E-state index is 13.1. The molecule has 7 nitrogen and oxygen atoms in total. The topological polar surface area (TPSA) is 79.3 Å². The van der Waals surface area contributed by atoms with Gasteiger partial charge in [0.25, 0.3) is 11.7 Å². The summed E-state index contributed by atoms with van der Waals surface area (Å²) < 4.78 is 11.6. The fourth-order valence-electron chi connectivity index (χ4n) is 4.41. The first-order valence-electron chi connectivity index (χ1n) is 12.7. The van der Waals surface area contributed by atoms with E-state index >= 15 is 0 Å². The van der Waals surface area contributed by atoms with Gasteiger partial charge in [0.15, 0.2) is 0 Å². The number of Topliss-reactive ketones (excluding diaryl/α,β-unsaturated/α-hetero) is 1.